The van der Waals surface area contributed by atoms with E-state index >= 15 is 0 Å². The number of carbonyl (C=O) groups is 1. The van der Waals surface area contributed by atoms with Crippen molar-refractivity contribution in [1.82, 2.24) is 9.88 Å². The number of benzene rings is 1. The fourth-order valence-electron chi connectivity index (χ4n) is 6.19. The highest BCUT2D eigenvalue weighted by Crippen LogP contribution is 2.49. The number of aromatic amines is 1. The molecular formula is C23H28N2O4. The van der Waals surface area contributed by atoms with Gasteiger partial charge in [-0.25, -0.2) is 0 Å². The normalized spacial score (nSPS) is 34.7. The Kier molecular flexibility index (Phi) is 4.22. The first-order valence-corrected chi connectivity index (χ1v) is 11.0. The highest BCUT2D eigenvalue weighted by Gasteiger charge is 2.50. The van der Waals surface area contributed by atoms with Crippen molar-refractivity contribution in [3.05, 3.63) is 35.5 Å². The van der Waals surface area contributed by atoms with Crippen molar-refractivity contribution in [3.63, 3.8) is 0 Å². The Morgan fingerprint density at radius 2 is 2.10 bits per heavy atom. The maximum atomic E-state index is 13.0. The van der Waals surface area contributed by atoms with Crippen molar-refractivity contribution < 1.29 is 19.4 Å². The first-order chi connectivity index (χ1) is 14.2. The van der Waals surface area contributed by atoms with E-state index in [0.717, 1.165) is 32.4 Å². The predicted octanol–water partition coefficient (Wildman–Crippen LogP) is 2.42. The molecule has 3 fully saturated rings. The lowest BCUT2D eigenvalue weighted by molar-refractivity contribution is -0.188. The van der Waals surface area contributed by atoms with Crippen LogP contribution in [0.3, 0.4) is 0 Å². The lowest BCUT2D eigenvalue weighted by atomic mass is 9.65. The molecule has 154 valence electrons. The topological polar surface area (TPSA) is 74.8 Å². The molecule has 4 heterocycles. The second-order valence-electron chi connectivity index (χ2n) is 9.25. The molecule has 29 heavy (non-hydrogen) atoms. The van der Waals surface area contributed by atoms with Gasteiger partial charge in [-0.1, -0.05) is 18.2 Å². The number of piperidine rings is 1. The monoisotopic (exact) mass is 396 g/mol. The zero-order valence-corrected chi connectivity index (χ0v) is 16.5. The number of para-hydroxylation sites is 1. The third kappa shape index (κ3) is 2.84. The maximum absolute atomic E-state index is 13.0. The molecule has 2 N–H and O–H groups in total. The Balaban J connectivity index is 1.31. The second-order valence-corrected chi connectivity index (χ2v) is 9.25. The summed E-state index contributed by atoms with van der Waals surface area (Å²) < 4.78 is 10.8. The van der Waals surface area contributed by atoms with E-state index in [1.165, 1.54) is 22.2 Å². The molecule has 0 bridgehead atoms. The molecule has 0 spiro atoms. The molecular weight excluding hydrogens is 368 g/mol. The molecule has 1 aromatic heterocycles. The molecule has 6 rings (SSSR count). The number of aromatic nitrogens is 1. The van der Waals surface area contributed by atoms with E-state index in [1.54, 1.807) is 0 Å². The zero-order valence-electron chi connectivity index (χ0n) is 16.5. The molecule has 4 aliphatic rings. The first kappa shape index (κ1) is 17.9. The summed E-state index contributed by atoms with van der Waals surface area (Å²) in [5.74, 6) is -0.00508. The van der Waals surface area contributed by atoms with Crippen molar-refractivity contribution >= 4 is 16.9 Å². The van der Waals surface area contributed by atoms with E-state index in [-0.39, 0.29) is 18.0 Å². The highest BCUT2D eigenvalue weighted by molar-refractivity contribution is 5.85. The van der Waals surface area contributed by atoms with E-state index in [2.05, 4.69) is 34.1 Å². The molecule has 2 saturated heterocycles. The number of fused-ring (bicyclic) bond motifs is 6. The number of rotatable bonds is 2. The van der Waals surface area contributed by atoms with Crippen LogP contribution in [-0.4, -0.2) is 59.5 Å². The van der Waals surface area contributed by atoms with Crippen LogP contribution in [0, 0.1) is 17.8 Å². The van der Waals surface area contributed by atoms with Gasteiger partial charge in [-0.2, -0.15) is 0 Å². The van der Waals surface area contributed by atoms with Crippen LogP contribution in [-0.2, 0) is 20.7 Å². The number of H-pyrrole nitrogens is 1. The lowest BCUT2D eigenvalue weighted by Gasteiger charge is -2.51. The van der Waals surface area contributed by atoms with Gasteiger partial charge in [0.25, 0.3) is 0 Å². The van der Waals surface area contributed by atoms with Gasteiger partial charge < -0.3 is 19.6 Å². The summed E-state index contributed by atoms with van der Waals surface area (Å²) in [6, 6.07) is 8.83. The maximum Gasteiger partial charge on any atom is 0.312 e. The number of nitrogens with one attached hydrogen (secondary N) is 1. The summed E-state index contributed by atoms with van der Waals surface area (Å²) >= 11 is 0. The predicted molar refractivity (Wildman–Crippen MR) is 107 cm³/mol. The van der Waals surface area contributed by atoms with Crippen LogP contribution in [0.2, 0.25) is 0 Å². The van der Waals surface area contributed by atoms with Gasteiger partial charge in [-0.15, -0.1) is 0 Å². The fourth-order valence-corrected chi connectivity index (χ4v) is 6.19. The van der Waals surface area contributed by atoms with E-state index < -0.39 is 12.0 Å². The van der Waals surface area contributed by atoms with Crippen LogP contribution in [0.5, 0.6) is 0 Å². The summed E-state index contributed by atoms with van der Waals surface area (Å²) in [5.41, 5.74) is 3.95. The lowest BCUT2D eigenvalue weighted by Crippen LogP contribution is -2.54. The smallest absolute Gasteiger partial charge is 0.312 e. The van der Waals surface area contributed by atoms with Gasteiger partial charge in [-0.3, -0.25) is 9.69 Å². The molecule has 5 atom stereocenters. The standard InChI is InChI=1S/C23H28N2O4/c26-20-6-5-13-10-25-8-7-16-15-3-1-2-4-18(15)24-22(16)19(25)9-17(13)21(20)23(27)29-14-11-28-12-14/h1-4,13-14,17,19-21,24,26H,5-12H2/t13-,17-,19-,20-,21+/m0/s1. The molecule has 0 unspecified atom stereocenters. The Labute approximate surface area is 170 Å². The molecule has 1 aliphatic carbocycles. The Morgan fingerprint density at radius 1 is 1.24 bits per heavy atom. The number of nitrogens with zero attached hydrogens (tertiary/aromatic N) is 1. The highest BCUT2D eigenvalue weighted by atomic mass is 16.6. The molecule has 1 saturated carbocycles. The Hall–Kier alpha value is -1.89. The van der Waals surface area contributed by atoms with Crippen LogP contribution in [0.1, 0.15) is 36.6 Å². The van der Waals surface area contributed by atoms with Crippen molar-refractivity contribution in [3.8, 4) is 0 Å². The van der Waals surface area contributed by atoms with Gasteiger partial charge in [-0.05, 0) is 49.1 Å². The largest absolute Gasteiger partial charge is 0.457 e. The van der Waals surface area contributed by atoms with Gasteiger partial charge in [0, 0.05) is 29.7 Å². The zero-order chi connectivity index (χ0) is 19.5. The van der Waals surface area contributed by atoms with Crippen LogP contribution >= 0.6 is 0 Å². The van der Waals surface area contributed by atoms with Gasteiger partial charge in [0.1, 0.15) is 6.10 Å². The van der Waals surface area contributed by atoms with Gasteiger partial charge >= 0.3 is 5.97 Å². The number of aliphatic hydroxyl groups excluding tert-OH is 1. The van der Waals surface area contributed by atoms with Gasteiger partial charge in [0.2, 0.25) is 0 Å². The van der Waals surface area contributed by atoms with Crippen LogP contribution in [0.4, 0.5) is 0 Å². The third-order valence-electron chi connectivity index (χ3n) is 7.71. The van der Waals surface area contributed by atoms with Crippen molar-refractivity contribution in [2.75, 3.05) is 26.3 Å². The van der Waals surface area contributed by atoms with Crippen molar-refractivity contribution in [2.45, 2.75) is 43.9 Å². The third-order valence-corrected chi connectivity index (χ3v) is 7.71. The SMILES string of the molecule is O=C(OC1COC1)[C@@H]1[C@H]2C[C@H]3c4[nH]c5ccccc5c4CCN3C[C@@H]2CC[C@@H]1O. The van der Waals surface area contributed by atoms with Gasteiger partial charge in [0.05, 0.1) is 31.3 Å². The summed E-state index contributed by atoms with van der Waals surface area (Å²) in [6.07, 6.45) is 2.93. The first-order valence-electron chi connectivity index (χ1n) is 11.0. The minimum absolute atomic E-state index is 0.134. The Bertz CT molecular complexity index is 936. The van der Waals surface area contributed by atoms with Crippen molar-refractivity contribution in [1.29, 1.82) is 0 Å². The number of aliphatic hydroxyl groups is 1. The number of ether oxygens (including phenoxy) is 2. The molecule has 2 aromatic rings. The Morgan fingerprint density at radius 3 is 2.93 bits per heavy atom. The average molecular weight is 396 g/mol. The van der Waals surface area contributed by atoms with E-state index in [9.17, 15) is 9.90 Å². The number of carbonyl (C=O) groups excluding carboxylic acids is 1. The summed E-state index contributed by atoms with van der Waals surface area (Å²) in [5, 5.41) is 12.1. The molecule has 6 nitrogen and oxygen atoms in total. The van der Waals surface area contributed by atoms with Crippen LogP contribution < -0.4 is 0 Å². The summed E-state index contributed by atoms with van der Waals surface area (Å²) in [4.78, 5) is 19.2. The van der Waals surface area contributed by atoms with Crippen molar-refractivity contribution in [2.24, 2.45) is 17.8 Å². The van der Waals surface area contributed by atoms with E-state index in [1.807, 2.05) is 0 Å². The average Bonchev–Trinajstić information content (AvgIpc) is 3.08. The summed E-state index contributed by atoms with van der Waals surface area (Å²) in [6.45, 7) is 3.04. The van der Waals surface area contributed by atoms with E-state index in [4.69, 9.17) is 9.47 Å². The van der Waals surface area contributed by atoms with E-state index in [0.29, 0.717) is 31.6 Å². The van der Waals surface area contributed by atoms with Crippen LogP contribution in [0.15, 0.2) is 24.3 Å². The second kappa shape index (κ2) is 6.83. The number of esters is 1. The molecule has 1 aromatic carbocycles. The quantitative estimate of drug-likeness (QED) is 0.763. The number of hydrogen-bond acceptors (Lipinski definition) is 5. The summed E-state index contributed by atoms with van der Waals surface area (Å²) in [7, 11) is 0. The van der Waals surface area contributed by atoms with Crippen LogP contribution in [0.25, 0.3) is 10.9 Å². The molecule has 0 amide bonds. The number of hydrogen-bond donors (Lipinski definition) is 2. The molecule has 0 radical (unpaired) electrons. The van der Waals surface area contributed by atoms with Gasteiger partial charge in [0.15, 0.2) is 0 Å². The molecule has 6 heteroatoms. The minimum Gasteiger partial charge on any atom is -0.457 e. The molecule has 3 aliphatic heterocycles. The minimum atomic E-state index is -0.595. The fraction of sp³-hybridized carbons (Fsp3) is 0.609.